The molecule has 1 saturated heterocycles. The molecule has 1 unspecified atom stereocenters. The zero-order valence-electron chi connectivity index (χ0n) is 11.1. The maximum absolute atomic E-state index is 9.15. The Bertz CT molecular complexity index is 428. The van der Waals surface area contributed by atoms with Crippen LogP contribution >= 0.6 is 0 Å². The van der Waals surface area contributed by atoms with Gasteiger partial charge in [-0.15, -0.1) is 0 Å². The van der Waals surface area contributed by atoms with E-state index in [0.29, 0.717) is 37.5 Å². The van der Waals surface area contributed by atoms with Crippen molar-refractivity contribution >= 4 is 17.8 Å². The average molecular weight is 269 g/mol. The molecule has 19 heavy (non-hydrogen) atoms. The number of morpholine rings is 1. The van der Waals surface area contributed by atoms with Gasteiger partial charge in [0, 0.05) is 27.2 Å². The topological polar surface area (TPSA) is 113 Å². The number of nitrogens with two attached hydrogens (primary N) is 1. The SMILES string of the molecule is CN(C)c1nc(NN)nc(N2CCOC(CO)C2)n1. The van der Waals surface area contributed by atoms with Crippen LogP contribution < -0.4 is 21.1 Å². The van der Waals surface area contributed by atoms with Crippen LogP contribution in [0.5, 0.6) is 0 Å². The number of nitrogens with zero attached hydrogens (tertiary/aromatic N) is 5. The molecule has 1 aromatic rings. The fraction of sp³-hybridized carbons (Fsp3) is 0.700. The highest BCUT2D eigenvalue weighted by Crippen LogP contribution is 2.17. The molecular formula is C10H19N7O2. The minimum atomic E-state index is -0.220. The highest BCUT2D eigenvalue weighted by molar-refractivity contribution is 5.44. The molecule has 4 N–H and O–H groups in total. The van der Waals surface area contributed by atoms with E-state index in [1.165, 1.54) is 0 Å². The summed E-state index contributed by atoms with van der Waals surface area (Å²) in [4.78, 5) is 16.5. The minimum Gasteiger partial charge on any atom is -0.394 e. The zero-order chi connectivity index (χ0) is 13.8. The van der Waals surface area contributed by atoms with Crippen LogP contribution in [0.4, 0.5) is 17.8 Å². The predicted molar refractivity (Wildman–Crippen MR) is 71.0 cm³/mol. The molecule has 1 aliphatic heterocycles. The maximum atomic E-state index is 9.15. The van der Waals surface area contributed by atoms with Crippen molar-refractivity contribution in [1.29, 1.82) is 0 Å². The Morgan fingerprint density at radius 3 is 2.89 bits per heavy atom. The number of nitrogen functional groups attached to an aromatic ring is 1. The maximum Gasteiger partial charge on any atom is 0.243 e. The third-order valence-corrected chi connectivity index (χ3v) is 2.77. The van der Waals surface area contributed by atoms with Crippen molar-refractivity contribution in [1.82, 2.24) is 15.0 Å². The molecule has 0 saturated carbocycles. The molecule has 0 bridgehead atoms. The first-order valence-electron chi connectivity index (χ1n) is 6.01. The van der Waals surface area contributed by atoms with E-state index in [1.807, 2.05) is 19.0 Å². The molecule has 1 fully saturated rings. The van der Waals surface area contributed by atoms with Gasteiger partial charge >= 0.3 is 0 Å². The molecule has 1 aliphatic rings. The molecule has 0 radical (unpaired) electrons. The fourth-order valence-corrected chi connectivity index (χ4v) is 1.77. The van der Waals surface area contributed by atoms with Crippen LogP contribution in [0.3, 0.4) is 0 Å². The van der Waals surface area contributed by atoms with Crippen LogP contribution in [0.15, 0.2) is 0 Å². The first kappa shape index (κ1) is 13.7. The summed E-state index contributed by atoms with van der Waals surface area (Å²) in [6, 6.07) is 0. The molecule has 2 rings (SSSR count). The van der Waals surface area contributed by atoms with E-state index in [-0.39, 0.29) is 12.7 Å². The average Bonchev–Trinajstić information content (AvgIpc) is 2.46. The molecule has 2 heterocycles. The Hall–Kier alpha value is -1.71. The van der Waals surface area contributed by atoms with Crippen LogP contribution in [-0.4, -0.2) is 66.6 Å². The lowest BCUT2D eigenvalue weighted by Gasteiger charge is -2.32. The molecule has 9 nitrogen and oxygen atoms in total. The zero-order valence-corrected chi connectivity index (χ0v) is 11.1. The standard InChI is InChI=1S/C10H19N7O2/c1-16(2)9-12-8(15-11)13-10(14-9)17-3-4-19-7(5-17)6-18/h7,18H,3-6,11H2,1-2H3,(H,12,13,14,15). The third kappa shape index (κ3) is 3.19. The normalized spacial score (nSPS) is 19.4. The van der Waals surface area contributed by atoms with Gasteiger partial charge in [0.2, 0.25) is 17.8 Å². The summed E-state index contributed by atoms with van der Waals surface area (Å²) in [6.45, 7) is 1.71. The van der Waals surface area contributed by atoms with E-state index in [4.69, 9.17) is 15.7 Å². The second kappa shape index (κ2) is 5.95. The van der Waals surface area contributed by atoms with E-state index in [0.717, 1.165) is 0 Å². The number of ether oxygens (including phenoxy) is 1. The Balaban J connectivity index is 2.25. The summed E-state index contributed by atoms with van der Waals surface area (Å²) < 4.78 is 5.40. The number of aromatic nitrogens is 3. The van der Waals surface area contributed by atoms with Crippen molar-refractivity contribution in [3.05, 3.63) is 0 Å². The predicted octanol–water partition coefficient (Wildman–Crippen LogP) is -1.58. The van der Waals surface area contributed by atoms with Crippen LogP contribution in [0, 0.1) is 0 Å². The van der Waals surface area contributed by atoms with Crippen LogP contribution in [0.1, 0.15) is 0 Å². The van der Waals surface area contributed by atoms with Gasteiger partial charge in [-0.3, -0.25) is 5.43 Å². The summed E-state index contributed by atoms with van der Waals surface area (Å²) in [5, 5.41) is 9.15. The summed E-state index contributed by atoms with van der Waals surface area (Å²) in [5.74, 6) is 6.71. The summed E-state index contributed by atoms with van der Waals surface area (Å²) in [5.41, 5.74) is 2.43. The van der Waals surface area contributed by atoms with Crippen molar-refractivity contribution in [2.24, 2.45) is 5.84 Å². The molecule has 9 heteroatoms. The number of hydrogen-bond donors (Lipinski definition) is 3. The molecule has 1 atom stereocenters. The molecule has 1 aromatic heterocycles. The molecule has 0 amide bonds. The molecule has 0 spiro atoms. The lowest BCUT2D eigenvalue weighted by atomic mass is 10.3. The van der Waals surface area contributed by atoms with Crippen molar-refractivity contribution in [2.45, 2.75) is 6.10 Å². The monoisotopic (exact) mass is 269 g/mol. The quantitative estimate of drug-likeness (QED) is 0.440. The van der Waals surface area contributed by atoms with Gasteiger partial charge in [-0.1, -0.05) is 0 Å². The first-order valence-corrected chi connectivity index (χ1v) is 6.01. The third-order valence-electron chi connectivity index (χ3n) is 2.77. The largest absolute Gasteiger partial charge is 0.394 e. The number of aliphatic hydroxyl groups is 1. The van der Waals surface area contributed by atoms with Gasteiger partial charge in [0.1, 0.15) is 0 Å². The number of nitrogens with one attached hydrogen (secondary N) is 1. The van der Waals surface area contributed by atoms with Crippen molar-refractivity contribution in [2.75, 3.05) is 55.6 Å². The summed E-state index contributed by atoms with van der Waals surface area (Å²) in [6.07, 6.45) is -0.220. The molecular weight excluding hydrogens is 250 g/mol. The van der Waals surface area contributed by atoms with Crippen molar-refractivity contribution in [3.8, 4) is 0 Å². The Morgan fingerprint density at radius 1 is 1.47 bits per heavy atom. The van der Waals surface area contributed by atoms with E-state index in [1.54, 1.807) is 4.90 Å². The number of aliphatic hydroxyl groups excluding tert-OH is 1. The highest BCUT2D eigenvalue weighted by atomic mass is 16.5. The number of anilines is 3. The molecule has 106 valence electrons. The second-order valence-electron chi connectivity index (χ2n) is 4.42. The fourth-order valence-electron chi connectivity index (χ4n) is 1.77. The van der Waals surface area contributed by atoms with Crippen LogP contribution in [-0.2, 0) is 4.74 Å². The number of rotatable bonds is 4. The van der Waals surface area contributed by atoms with Gasteiger partial charge in [-0.05, 0) is 0 Å². The Labute approximate surface area is 111 Å². The van der Waals surface area contributed by atoms with E-state index >= 15 is 0 Å². The highest BCUT2D eigenvalue weighted by Gasteiger charge is 2.23. The van der Waals surface area contributed by atoms with Gasteiger partial charge in [0.05, 0.1) is 19.3 Å². The second-order valence-corrected chi connectivity index (χ2v) is 4.42. The van der Waals surface area contributed by atoms with Gasteiger partial charge < -0.3 is 19.6 Å². The van der Waals surface area contributed by atoms with Gasteiger partial charge in [0.25, 0.3) is 0 Å². The molecule has 0 aliphatic carbocycles. The van der Waals surface area contributed by atoms with Gasteiger partial charge in [-0.2, -0.15) is 15.0 Å². The molecule has 0 aromatic carbocycles. The Kier molecular flexibility index (Phi) is 4.30. The summed E-state index contributed by atoms with van der Waals surface area (Å²) in [7, 11) is 3.69. The smallest absolute Gasteiger partial charge is 0.243 e. The van der Waals surface area contributed by atoms with Crippen LogP contribution in [0.2, 0.25) is 0 Å². The van der Waals surface area contributed by atoms with E-state index in [2.05, 4.69) is 20.4 Å². The van der Waals surface area contributed by atoms with E-state index < -0.39 is 0 Å². The van der Waals surface area contributed by atoms with Crippen molar-refractivity contribution in [3.63, 3.8) is 0 Å². The lowest BCUT2D eigenvalue weighted by Crippen LogP contribution is -2.45. The van der Waals surface area contributed by atoms with E-state index in [9.17, 15) is 0 Å². The van der Waals surface area contributed by atoms with Crippen LogP contribution in [0.25, 0.3) is 0 Å². The first-order chi connectivity index (χ1) is 9.13. The Morgan fingerprint density at radius 2 is 2.26 bits per heavy atom. The number of hydrogen-bond acceptors (Lipinski definition) is 9. The van der Waals surface area contributed by atoms with Crippen molar-refractivity contribution < 1.29 is 9.84 Å². The van der Waals surface area contributed by atoms with Gasteiger partial charge in [0.15, 0.2) is 0 Å². The lowest BCUT2D eigenvalue weighted by molar-refractivity contribution is 0.00314. The minimum absolute atomic E-state index is 0.0237. The van der Waals surface area contributed by atoms with Gasteiger partial charge in [-0.25, -0.2) is 5.84 Å². The number of hydrazine groups is 1. The summed E-state index contributed by atoms with van der Waals surface area (Å²) >= 11 is 0.